The third-order valence-electron chi connectivity index (χ3n) is 2.36. The van der Waals surface area contributed by atoms with Gasteiger partial charge >= 0.3 is 0 Å². The Labute approximate surface area is 105 Å². The first-order chi connectivity index (χ1) is 7.97. The lowest BCUT2D eigenvalue weighted by Gasteiger charge is -2.23. The van der Waals surface area contributed by atoms with Crippen LogP contribution in [-0.4, -0.2) is 39.5 Å². The summed E-state index contributed by atoms with van der Waals surface area (Å²) >= 11 is 5.80. The summed E-state index contributed by atoms with van der Waals surface area (Å²) in [5, 5.41) is 0.0891. The predicted octanol–water partition coefficient (Wildman–Crippen LogP) is 1.23. The van der Waals surface area contributed by atoms with Crippen LogP contribution in [0.4, 0.5) is 0 Å². The Balaban J connectivity index is 2.37. The minimum Gasteiger partial charge on any atom is -0.376 e. The monoisotopic (exact) mass is 277 g/mol. The summed E-state index contributed by atoms with van der Waals surface area (Å²) in [4.78, 5) is 3.78. The second-order valence-electron chi connectivity index (χ2n) is 3.77. The van der Waals surface area contributed by atoms with Crippen molar-refractivity contribution in [2.24, 2.45) is 0 Å². The number of hydrogen-bond acceptors (Lipinski definition) is 5. The molecule has 7 heteroatoms. The molecule has 0 unspecified atom stereocenters. The van der Waals surface area contributed by atoms with Crippen molar-refractivity contribution in [1.29, 1.82) is 0 Å². The SMILES string of the molecule is CS(=O)(=O)c1cc([C@H]2COCCO2)cc(Cl)n1. The highest BCUT2D eigenvalue weighted by Gasteiger charge is 2.20. The van der Waals surface area contributed by atoms with Crippen molar-refractivity contribution >= 4 is 21.4 Å². The molecule has 0 amide bonds. The molecule has 1 atom stereocenters. The van der Waals surface area contributed by atoms with E-state index in [1.165, 1.54) is 6.07 Å². The number of nitrogens with zero attached hydrogens (tertiary/aromatic N) is 1. The highest BCUT2D eigenvalue weighted by atomic mass is 35.5. The maximum absolute atomic E-state index is 11.4. The van der Waals surface area contributed by atoms with Crippen LogP contribution in [-0.2, 0) is 19.3 Å². The van der Waals surface area contributed by atoms with Gasteiger partial charge in [-0.1, -0.05) is 11.6 Å². The summed E-state index contributed by atoms with van der Waals surface area (Å²) in [6.07, 6.45) is 0.804. The van der Waals surface area contributed by atoms with Gasteiger partial charge in [0.1, 0.15) is 11.3 Å². The summed E-state index contributed by atoms with van der Waals surface area (Å²) in [5.74, 6) is 0. The molecule has 0 radical (unpaired) electrons. The summed E-state index contributed by atoms with van der Waals surface area (Å²) in [5.41, 5.74) is 0.671. The zero-order chi connectivity index (χ0) is 12.5. The van der Waals surface area contributed by atoms with Crippen LogP contribution in [0.2, 0.25) is 5.15 Å². The van der Waals surface area contributed by atoms with Gasteiger partial charge in [-0.3, -0.25) is 0 Å². The van der Waals surface area contributed by atoms with E-state index >= 15 is 0 Å². The molecule has 2 rings (SSSR count). The molecule has 1 aliphatic rings. The molecule has 0 saturated carbocycles. The van der Waals surface area contributed by atoms with Crippen molar-refractivity contribution in [3.05, 3.63) is 22.8 Å². The van der Waals surface area contributed by atoms with E-state index in [0.717, 1.165) is 6.26 Å². The second-order valence-corrected chi connectivity index (χ2v) is 6.12. The number of halogens is 1. The summed E-state index contributed by atoms with van der Waals surface area (Å²) in [6, 6.07) is 3.07. The molecule has 5 nitrogen and oxygen atoms in total. The summed E-state index contributed by atoms with van der Waals surface area (Å²) in [7, 11) is -3.38. The number of rotatable bonds is 2. The minimum absolute atomic E-state index is 0.0471. The van der Waals surface area contributed by atoms with Crippen LogP contribution in [0, 0.1) is 0 Å². The highest BCUT2D eigenvalue weighted by Crippen LogP contribution is 2.24. The average Bonchev–Trinajstić information content (AvgIpc) is 2.28. The normalized spacial score (nSPS) is 21.4. The van der Waals surface area contributed by atoms with Crippen LogP contribution >= 0.6 is 11.6 Å². The molecule has 1 aromatic heterocycles. The molecule has 1 aromatic rings. The number of ether oxygens (including phenoxy) is 2. The maximum Gasteiger partial charge on any atom is 0.192 e. The Morgan fingerprint density at radius 3 is 2.76 bits per heavy atom. The molecule has 17 heavy (non-hydrogen) atoms. The third-order valence-corrected chi connectivity index (χ3v) is 3.52. The molecule has 0 aromatic carbocycles. The van der Waals surface area contributed by atoms with Gasteiger partial charge in [-0.25, -0.2) is 13.4 Å². The molecule has 0 aliphatic carbocycles. The summed E-state index contributed by atoms with van der Waals surface area (Å²) < 4.78 is 33.6. The first kappa shape index (κ1) is 12.8. The van der Waals surface area contributed by atoms with Crippen LogP contribution in [0.25, 0.3) is 0 Å². The fraction of sp³-hybridized carbons (Fsp3) is 0.500. The lowest BCUT2D eigenvalue weighted by Crippen LogP contribution is -2.22. The fourth-order valence-electron chi connectivity index (χ4n) is 1.55. The molecule has 1 aliphatic heterocycles. The topological polar surface area (TPSA) is 65.5 Å². The lowest BCUT2D eigenvalue weighted by atomic mass is 10.1. The van der Waals surface area contributed by atoms with E-state index in [-0.39, 0.29) is 16.3 Å². The predicted molar refractivity (Wildman–Crippen MR) is 61.9 cm³/mol. The number of sulfone groups is 1. The van der Waals surface area contributed by atoms with Crippen LogP contribution < -0.4 is 0 Å². The first-order valence-corrected chi connectivity index (χ1v) is 7.30. The van der Waals surface area contributed by atoms with E-state index in [1.54, 1.807) is 6.07 Å². The third kappa shape index (κ3) is 3.16. The van der Waals surface area contributed by atoms with Crippen LogP contribution in [0.15, 0.2) is 17.2 Å². The zero-order valence-corrected chi connectivity index (χ0v) is 10.8. The molecular weight excluding hydrogens is 266 g/mol. The van der Waals surface area contributed by atoms with Gasteiger partial charge in [-0.15, -0.1) is 0 Å². The van der Waals surface area contributed by atoms with E-state index in [9.17, 15) is 8.42 Å². The fourth-order valence-corrected chi connectivity index (χ4v) is 2.43. The van der Waals surface area contributed by atoms with E-state index in [1.807, 2.05) is 0 Å². The number of hydrogen-bond donors (Lipinski definition) is 0. The Hall–Kier alpha value is -0.690. The van der Waals surface area contributed by atoms with Gasteiger partial charge in [0, 0.05) is 6.26 Å². The molecule has 94 valence electrons. The van der Waals surface area contributed by atoms with Crippen molar-refractivity contribution < 1.29 is 17.9 Å². The van der Waals surface area contributed by atoms with E-state index < -0.39 is 9.84 Å². The lowest BCUT2D eigenvalue weighted by molar-refractivity contribution is -0.0902. The van der Waals surface area contributed by atoms with Crippen LogP contribution in [0.1, 0.15) is 11.7 Å². The number of aromatic nitrogens is 1. The van der Waals surface area contributed by atoms with Crippen molar-refractivity contribution in [2.45, 2.75) is 11.1 Å². The first-order valence-electron chi connectivity index (χ1n) is 5.04. The maximum atomic E-state index is 11.4. The minimum atomic E-state index is -3.38. The Morgan fingerprint density at radius 2 is 2.18 bits per heavy atom. The molecular formula is C10H12ClNO4S. The molecule has 0 bridgehead atoms. The summed E-state index contributed by atoms with van der Waals surface area (Å²) in [6.45, 7) is 1.43. The van der Waals surface area contributed by atoms with Gasteiger partial charge < -0.3 is 9.47 Å². The largest absolute Gasteiger partial charge is 0.376 e. The second kappa shape index (κ2) is 4.89. The Bertz CT molecular complexity index is 511. The highest BCUT2D eigenvalue weighted by molar-refractivity contribution is 7.90. The molecule has 1 fully saturated rings. The zero-order valence-electron chi connectivity index (χ0n) is 9.22. The number of pyridine rings is 1. The quantitative estimate of drug-likeness (QED) is 0.761. The standard InChI is InChI=1S/C10H12ClNO4S/c1-17(13,14)10-5-7(4-9(11)12-10)8-6-15-2-3-16-8/h4-5,8H,2-3,6H2,1H3/t8-/m1/s1. The van der Waals surface area contributed by atoms with Gasteiger partial charge in [0.2, 0.25) is 0 Å². The molecule has 2 heterocycles. The van der Waals surface area contributed by atoms with E-state index in [2.05, 4.69) is 4.98 Å². The van der Waals surface area contributed by atoms with Crippen molar-refractivity contribution in [2.75, 3.05) is 26.1 Å². The van der Waals surface area contributed by atoms with Gasteiger partial charge in [-0.05, 0) is 17.7 Å². The molecule has 0 spiro atoms. The smallest absolute Gasteiger partial charge is 0.192 e. The van der Waals surface area contributed by atoms with Crippen molar-refractivity contribution in [1.82, 2.24) is 4.98 Å². The van der Waals surface area contributed by atoms with Gasteiger partial charge in [0.05, 0.1) is 19.8 Å². The van der Waals surface area contributed by atoms with Crippen LogP contribution in [0.3, 0.4) is 0 Å². The van der Waals surface area contributed by atoms with E-state index in [0.29, 0.717) is 25.4 Å². The average molecular weight is 278 g/mol. The van der Waals surface area contributed by atoms with Gasteiger partial charge in [0.25, 0.3) is 0 Å². The van der Waals surface area contributed by atoms with Crippen molar-refractivity contribution in [3.63, 3.8) is 0 Å². The molecule has 1 saturated heterocycles. The van der Waals surface area contributed by atoms with Gasteiger partial charge in [-0.2, -0.15) is 0 Å². The Morgan fingerprint density at radius 1 is 1.41 bits per heavy atom. The molecule has 0 N–H and O–H groups in total. The van der Waals surface area contributed by atoms with E-state index in [4.69, 9.17) is 21.1 Å². The Kier molecular flexibility index (Phi) is 3.67. The van der Waals surface area contributed by atoms with Crippen molar-refractivity contribution in [3.8, 4) is 0 Å². The van der Waals surface area contributed by atoms with Gasteiger partial charge in [0.15, 0.2) is 14.9 Å². The van der Waals surface area contributed by atoms with Crippen LogP contribution in [0.5, 0.6) is 0 Å².